The van der Waals surface area contributed by atoms with E-state index in [2.05, 4.69) is 16.2 Å². The Labute approximate surface area is 87.7 Å². The number of nitrogens with zero attached hydrogens (tertiary/aromatic N) is 1. The lowest BCUT2D eigenvalue weighted by Gasteiger charge is -2.10. The van der Waals surface area contributed by atoms with Crippen LogP contribution >= 0.6 is 0 Å². The Bertz CT molecular complexity index is 398. The van der Waals surface area contributed by atoms with Gasteiger partial charge in [0.05, 0.1) is 11.8 Å². The minimum Gasteiger partial charge on any atom is -0.349 e. The van der Waals surface area contributed by atoms with E-state index in [1.54, 1.807) is 6.92 Å². The van der Waals surface area contributed by atoms with E-state index < -0.39 is 5.82 Å². The zero-order valence-electron chi connectivity index (χ0n) is 8.33. The number of hydrogen-bond acceptors (Lipinski definition) is 2. The summed E-state index contributed by atoms with van der Waals surface area (Å²) in [5.41, 5.74) is 0.193. The van der Waals surface area contributed by atoms with Gasteiger partial charge in [0.1, 0.15) is 5.82 Å². The molecule has 0 spiro atoms. The number of aromatic nitrogens is 1. The molecule has 0 fully saturated rings. The monoisotopic (exact) mass is 206 g/mol. The molecule has 0 radical (unpaired) electrons. The standard InChI is InChI=1S/C11H11FN2O/c1-3-4-8(2)14-11(15)9-5-10(12)7-13-6-9/h1,5-8H,4H2,2H3,(H,14,15). The molecule has 0 aliphatic heterocycles. The highest BCUT2D eigenvalue weighted by Crippen LogP contribution is 2.01. The lowest BCUT2D eigenvalue weighted by atomic mass is 10.2. The average Bonchev–Trinajstić information content (AvgIpc) is 2.18. The van der Waals surface area contributed by atoms with Gasteiger partial charge in [0.25, 0.3) is 5.91 Å². The smallest absolute Gasteiger partial charge is 0.253 e. The van der Waals surface area contributed by atoms with Gasteiger partial charge < -0.3 is 5.32 Å². The van der Waals surface area contributed by atoms with Crippen molar-refractivity contribution in [3.63, 3.8) is 0 Å². The molecule has 1 aromatic rings. The largest absolute Gasteiger partial charge is 0.349 e. The van der Waals surface area contributed by atoms with Crippen LogP contribution in [0.1, 0.15) is 23.7 Å². The molecule has 1 N–H and O–H groups in total. The summed E-state index contributed by atoms with van der Waals surface area (Å²) in [6.45, 7) is 1.78. The van der Waals surface area contributed by atoms with Crippen molar-refractivity contribution >= 4 is 5.91 Å². The molecule has 0 saturated carbocycles. The molecule has 0 aromatic carbocycles. The number of pyridine rings is 1. The Morgan fingerprint density at radius 1 is 1.73 bits per heavy atom. The second kappa shape index (κ2) is 5.11. The molecule has 3 nitrogen and oxygen atoms in total. The molecule has 78 valence electrons. The molecule has 1 aromatic heterocycles. The van der Waals surface area contributed by atoms with E-state index >= 15 is 0 Å². The number of rotatable bonds is 3. The molecule has 15 heavy (non-hydrogen) atoms. The third-order valence-electron chi connectivity index (χ3n) is 1.77. The SMILES string of the molecule is C#CCC(C)NC(=O)c1cncc(F)c1. The van der Waals surface area contributed by atoms with Crippen LogP contribution in [0.4, 0.5) is 4.39 Å². The van der Waals surface area contributed by atoms with Gasteiger partial charge in [-0.3, -0.25) is 9.78 Å². The lowest BCUT2D eigenvalue weighted by Crippen LogP contribution is -2.32. The number of amides is 1. The van der Waals surface area contributed by atoms with Crippen molar-refractivity contribution in [3.8, 4) is 12.3 Å². The van der Waals surface area contributed by atoms with E-state index in [9.17, 15) is 9.18 Å². The maximum atomic E-state index is 12.7. The van der Waals surface area contributed by atoms with Gasteiger partial charge >= 0.3 is 0 Å². The quantitative estimate of drug-likeness (QED) is 0.759. The van der Waals surface area contributed by atoms with Gasteiger partial charge in [-0.05, 0) is 13.0 Å². The number of carbonyl (C=O) groups is 1. The highest BCUT2D eigenvalue weighted by Gasteiger charge is 2.09. The van der Waals surface area contributed by atoms with E-state index in [1.807, 2.05) is 0 Å². The maximum Gasteiger partial charge on any atom is 0.253 e. The fourth-order valence-corrected chi connectivity index (χ4v) is 1.07. The Hall–Kier alpha value is -1.89. The van der Waals surface area contributed by atoms with Crippen LogP contribution in [0.2, 0.25) is 0 Å². The number of halogens is 1. The summed E-state index contributed by atoms with van der Waals surface area (Å²) in [5, 5.41) is 2.64. The van der Waals surface area contributed by atoms with Gasteiger partial charge in [-0.15, -0.1) is 12.3 Å². The van der Waals surface area contributed by atoms with Crippen LogP contribution in [0.3, 0.4) is 0 Å². The second-order valence-electron chi connectivity index (χ2n) is 3.17. The summed E-state index contributed by atoms with van der Waals surface area (Å²) in [5.74, 6) is 1.53. The van der Waals surface area contributed by atoms with Gasteiger partial charge in [0, 0.05) is 18.7 Å². The van der Waals surface area contributed by atoms with Crippen molar-refractivity contribution in [2.45, 2.75) is 19.4 Å². The Balaban J connectivity index is 2.66. The van der Waals surface area contributed by atoms with Crippen molar-refractivity contribution < 1.29 is 9.18 Å². The predicted octanol–water partition coefficient (Wildman–Crippen LogP) is 1.36. The van der Waals surface area contributed by atoms with Gasteiger partial charge in [-0.1, -0.05) is 0 Å². The molecular weight excluding hydrogens is 195 g/mol. The van der Waals surface area contributed by atoms with E-state index in [-0.39, 0.29) is 17.5 Å². The molecule has 0 saturated heterocycles. The third kappa shape index (κ3) is 3.39. The van der Waals surface area contributed by atoms with Crippen LogP contribution in [0.5, 0.6) is 0 Å². The molecule has 0 aliphatic rings. The first-order chi connectivity index (χ1) is 7.13. The highest BCUT2D eigenvalue weighted by atomic mass is 19.1. The van der Waals surface area contributed by atoms with Crippen LogP contribution in [-0.4, -0.2) is 16.9 Å². The maximum absolute atomic E-state index is 12.7. The number of terminal acetylenes is 1. The Morgan fingerprint density at radius 2 is 2.47 bits per heavy atom. The molecule has 4 heteroatoms. The summed E-state index contributed by atoms with van der Waals surface area (Å²) in [6.07, 6.45) is 7.88. The predicted molar refractivity (Wildman–Crippen MR) is 54.6 cm³/mol. The van der Waals surface area contributed by atoms with Crippen LogP contribution in [0.15, 0.2) is 18.5 Å². The fraction of sp³-hybridized carbons (Fsp3) is 0.273. The van der Waals surface area contributed by atoms with Crippen LogP contribution < -0.4 is 5.32 Å². The fourth-order valence-electron chi connectivity index (χ4n) is 1.07. The van der Waals surface area contributed by atoms with Crippen molar-refractivity contribution in [1.82, 2.24) is 10.3 Å². The summed E-state index contributed by atoms with van der Waals surface area (Å²) in [7, 11) is 0. The first-order valence-corrected chi connectivity index (χ1v) is 4.48. The van der Waals surface area contributed by atoms with Crippen LogP contribution in [0, 0.1) is 18.2 Å². The van der Waals surface area contributed by atoms with Crippen LogP contribution in [-0.2, 0) is 0 Å². The summed E-state index contributed by atoms with van der Waals surface area (Å²) >= 11 is 0. The molecule has 1 unspecified atom stereocenters. The Morgan fingerprint density at radius 3 is 3.07 bits per heavy atom. The van der Waals surface area contributed by atoms with Crippen molar-refractivity contribution in [2.24, 2.45) is 0 Å². The van der Waals surface area contributed by atoms with E-state index in [0.29, 0.717) is 6.42 Å². The number of carbonyl (C=O) groups excluding carboxylic acids is 1. The molecule has 1 atom stereocenters. The number of hydrogen-bond donors (Lipinski definition) is 1. The van der Waals surface area contributed by atoms with Crippen LogP contribution in [0.25, 0.3) is 0 Å². The first kappa shape index (κ1) is 11.2. The van der Waals surface area contributed by atoms with Gasteiger partial charge in [-0.2, -0.15) is 0 Å². The molecule has 0 aliphatic carbocycles. The topological polar surface area (TPSA) is 42.0 Å². The van der Waals surface area contributed by atoms with Crippen molar-refractivity contribution in [1.29, 1.82) is 0 Å². The average molecular weight is 206 g/mol. The summed E-state index contributed by atoms with van der Waals surface area (Å²) in [6, 6.07) is 0.996. The molecule has 1 amide bonds. The van der Waals surface area contributed by atoms with E-state index in [4.69, 9.17) is 6.42 Å². The van der Waals surface area contributed by atoms with Gasteiger partial charge in [0.2, 0.25) is 0 Å². The molecule has 1 heterocycles. The van der Waals surface area contributed by atoms with Crippen molar-refractivity contribution in [3.05, 3.63) is 29.8 Å². The normalized spacial score (nSPS) is 11.5. The lowest BCUT2D eigenvalue weighted by molar-refractivity contribution is 0.0940. The second-order valence-corrected chi connectivity index (χ2v) is 3.17. The molecule has 0 bridgehead atoms. The third-order valence-corrected chi connectivity index (χ3v) is 1.77. The zero-order valence-corrected chi connectivity index (χ0v) is 8.33. The minimum absolute atomic E-state index is 0.134. The number of nitrogens with one attached hydrogen (secondary N) is 1. The summed E-state index contributed by atoms with van der Waals surface area (Å²) in [4.78, 5) is 15.1. The molecular formula is C11H11FN2O. The first-order valence-electron chi connectivity index (χ1n) is 4.48. The van der Waals surface area contributed by atoms with Crippen molar-refractivity contribution in [2.75, 3.05) is 0 Å². The van der Waals surface area contributed by atoms with E-state index in [0.717, 1.165) is 12.3 Å². The highest BCUT2D eigenvalue weighted by molar-refractivity contribution is 5.94. The Kier molecular flexibility index (Phi) is 3.81. The minimum atomic E-state index is -0.535. The molecule has 1 rings (SSSR count). The van der Waals surface area contributed by atoms with Gasteiger partial charge in [0.15, 0.2) is 0 Å². The van der Waals surface area contributed by atoms with Gasteiger partial charge in [-0.25, -0.2) is 4.39 Å². The van der Waals surface area contributed by atoms with E-state index in [1.165, 1.54) is 6.20 Å². The zero-order chi connectivity index (χ0) is 11.3. The summed E-state index contributed by atoms with van der Waals surface area (Å²) < 4.78 is 12.7.